The standard InChI is InChI=1S/C15H15NO8/c1-22-14(20)8-6-24-7-16(12(8)15(21)23-2)9-4-3-5-10(17)11(9)13(18)19/h3-5,17H,6-7H2,1-2H3,(H,18,19). The van der Waals surface area contributed by atoms with Crippen molar-refractivity contribution < 1.29 is 38.8 Å². The molecule has 0 atom stereocenters. The van der Waals surface area contributed by atoms with Gasteiger partial charge in [0.1, 0.15) is 23.7 Å². The van der Waals surface area contributed by atoms with E-state index in [-0.39, 0.29) is 30.3 Å². The van der Waals surface area contributed by atoms with Crippen LogP contribution in [0, 0.1) is 0 Å². The van der Waals surface area contributed by atoms with Gasteiger partial charge in [0.25, 0.3) is 0 Å². The van der Waals surface area contributed by atoms with Crippen LogP contribution in [0.5, 0.6) is 5.75 Å². The molecule has 9 nitrogen and oxygen atoms in total. The molecule has 128 valence electrons. The molecule has 0 bridgehead atoms. The van der Waals surface area contributed by atoms with Gasteiger partial charge >= 0.3 is 17.9 Å². The molecule has 0 unspecified atom stereocenters. The Balaban J connectivity index is 2.68. The molecule has 1 aliphatic heterocycles. The third-order valence-corrected chi connectivity index (χ3v) is 3.36. The molecule has 0 saturated heterocycles. The third-order valence-electron chi connectivity index (χ3n) is 3.36. The Morgan fingerprint density at radius 2 is 1.83 bits per heavy atom. The highest BCUT2D eigenvalue weighted by atomic mass is 16.5. The summed E-state index contributed by atoms with van der Waals surface area (Å²) in [6, 6.07) is 3.97. The molecule has 0 aliphatic carbocycles. The number of benzene rings is 1. The molecule has 0 aromatic heterocycles. The largest absolute Gasteiger partial charge is 0.507 e. The number of aromatic hydroxyl groups is 1. The van der Waals surface area contributed by atoms with Crippen molar-refractivity contribution in [2.24, 2.45) is 0 Å². The Labute approximate surface area is 136 Å². The second-order valence-electron chi connectivity index (χ2n) is 4.69. The number of nitrogens with zero attached hydrogens (tertiary/aromatic N) is 1. The van der Waals surface area contributed by atoms with E-state index in [1.54, 1.807) is 0 Å². The molecule has 1 heterocycles. The SMILES string of the molecule is COC(=O)C1=C(C(=O)OC)N(c2cccc(O)c2C(=O)O)COC1. The Hall–Kier alpha value is -3.07. The highest BCUT2D eigenvalue weighted by molar-refractivity contribution is 6.05. The molecule has 2 rings (SSSR count). The predicted molar refractivity (Wildman–Crippen MR) is 79.4 cm³/mol. The van der Waals surface area contributed by atoms with Gasteiger partial charge in [-0.25, -0.2) is 14.4 Å². The van der Waals surface area contributed by atoms with Gasteiger partial charge in [-0.2, -0.15) is 0 Å². The number of esters is 2. The molecule has 9 heteroatoms. The van der Waals surface area contributed by atoms with Gasteiger partial charge in [0.2, 0.25) is 0 Å². The lowest BCUT2D eigenvalue weighted by Gasteiger charge is -2.32. The van der Waals surface area contributed by atoms with Crippen LogP contribution in [-0.4, -0.2) is 55.7 Å². The van der Waals surface area contributed by atoms with Crippen molar-refractivity contribution >= 4 is 23.6 Å². The Kier molecular flexibility index (Phi) is 5.05. The average molecular weight is 337 g/mol. The number of hydrogen-bond donors (Lipinski definition) is 2. The smallest absolute Gasteiger partial charge is 0.355 e. The minimum Gasteiger partial charge on any atom is -0.507 e. The number of anilines is 1. The lowest BCUT2D eigenvalue weighted by Crippen LogP contribution is -2.39. The van der Waals surface area contributed by atoms with E-state index in [1.807, 2.05) is 0 Å². The molecule has 2 N–H and O–H groups in total. The van der Waals surface area contributed by atoms with Crippen molar-refractivity contribution in [3.8, 4) is 5.75 Å². The molecule has 1 aromatic carbocycles. The first kappa shape index (κ1) is 17.3. The summed E-state index contributed by atoms with van der Waals surface area (Å²) in [7, 11) is 2.26. The minimum atomic E-state index is -1.41. The van der Waals surface area contributed by atoms with Crippen LogP contribution in [0.15, 0.2) is 29.5 Å². The average Bonchev–Trinajstić information content (AvgIpc) is 2.59. The van der Waals surface area contributed by atoms with Crippen molar-refractivity contribution in [2.75, 3.05) is 32.5 Å². The second kappa shape index (κ2) is 7.01. The summed E-state index contributed by atoms with van der Waals surface area (Å²) in [5.74, 6) is -3.57. The first-order valence-electron chi connectivity index (χ1n) is 6.72. The number of methoxy groups -OCH3 is 2. The molecule has 0 amide bonds. The fourth-order valence-electron chi connectivity index (χ4n) is 2.31. The zero-order chi connectivity index (χ0) is 17.9. The van der Waals surface area contributed by atoms with Gasteiger partial charge in [0.15, 0.2) is 0 Å². The van der Waals surface area contributed by atoms with Crippen LogP contribution in [0.1, 0.15) is 10.4 Å². The van der Waals surface area contributed by atoms with Gasteiger partial charge in [-0.3, -0.25) is 0 Å². The number of aromatic carboxylic acids is 1. The molecule has 0 spiro atoms. The van der Waals surface area contributed by atoms with Crippen LogP contribution in [0.2, 0.25) is 0 Å². The minimum absolute atomic E-state index is 0.0241. The van der Waals surface area contributed by atoms with Gasteiger partial charge < -0.3 is 29.3 Å². The van der Waals surface area contributed by atoms with Crippen molar-refractivity contribution in [3.05, 3.63) is 35.0 Å². The molecule has 1 aliphatic rings. The van der Waals surface area contributed by atoms with Gasteiger partial charge in [0, 0.05) is 0 Å². The van der Waals surface area contributed by atoms with Crippen LogP contribution in [0.3, 0.4) is 0 Å². The highest BCUT2D eigenvalue weighted by Gasteiger charge is 2.34. The van der Waals surface area contributed by atoms with E-state index in [0.717, 1.165) is 19.1 Å². The van der Waals surface area contributed by atoms with Gasteiger partial charge in [-0.15, -0.1) is 0 Å². The number of rotatable bonds is 4. The maximum atomic E-state index is 12.2. The first-order valence-corrected chi connectivity index (χ1v) is 6.72. The normalized spacial score (nSPS) is 14.3. The van der Waals surface area contributed by atoms with Crippen LogP contribution in [0.4, 0.5) is 5.69 Å². The molecule has 0 saturated carbocycles. The maximum absolute atomic E-state index is 12.2. The summed E-state index contributed by atoms with van der Waals surface area (Å²) in [6.07, 6.45) is 0. The van der Waals surface area contributed by atoms with Gasteiger partial charge in [0.05, 0.1) is 32.1 Å². The lowest BCUT2D eigenvalue weighted by atomic mass is 10.1. The van der Waals surface area contributed by atoms with Crippen molar-refractivity contribution in [1.29, 1.82) is 0 Å². The molecular formula is C15H15NO8. The number of ether oxygens (including phenoxy) is 3. The van der Waals surface area contributed by atoms with E-state index < -0.39 is 29.2 Å². The van der Waals surface area contributed by atoms with E-state index in [9.17, 15) is 24.6 Å². The van der Waals surface area contributed by atoms with E-state index in [1.165, 1.54) is 18.2 Å². The Morgan fingerprint density at radius 1 is 1.17 bits per heavy atom. The lowest BCUT2D eigenvalue weighted by molar-refractivity contribution is -0.140. The topological polar surface area (TPSA) is 123 Å². The van der Waals surface area contributed by atoms with Crippen molar-refractivity contribution in [2.45, 2.75) is 0 Å². The summed E-state index contributed by atoms with van der Waals surface area (Å²) in [5.41, 5.74) is -0.781. The van der Waals surface area contributed by atoms with Crippen molar-refractivity contribution in [1.82, 2.24) is 0 Å². The highest BCUT2D eigenvalue weighted by Crippen LogP contribution is 2.33. The summed E-state index contributed by atoms with van der Waals surface area (Å²) >= 11 is 0. The number of carbonyl (C=O) groups excluding carboxylic acids is 2. The summed E-state index contributed by atoms with van der Waals surface area (Å²) in [5, 5.41) is 19.2. The fourth-order valence-corrected chi connectivity index (χ4v) is 2.31. The van der Waals surface area contributed by atoms with E-state index in [2.05, 4.69) is 9.47 Å². The van der Waals surface area contributed by atoms with E-state index in [0.29, 0.717) is 0 Å². The maximum Gasteiger partial charge on any atom is 0.355 e. The monoisotopic (exact) mass is 337 g/mol. The first-order chi connectivity index (χ1) is 11.4. The van der Waals surface area contributed by atoms with Gasteiger partial charge in [-0.1, -0.05) is 6.07 Å². The van der Waals surface area contributed by atoms with Gasteiger partial charge in [-0.05, 0) is 12.1 Å². The summed E-state index contributed by atoms with van der Waals surface area (Å²) < 4.78 is 14.6. The number of carboxylic acids is 1. The number of carbonyl (C=O) groups is 3. The quantitative estimate of drug-likeness (QED) is 0.755. The van der Waals surface area contributed by atoms with E-state index >= 15 is 0 Å². The molecule has 24 heavy (non-hydrogen) atoms. The molecular weight excluding hydrogens is 322 g/mol. The number of hydrogen-bond acceptors (Lipinski definition) is 8. The zero-order valence-electron chi connectivity index (χ0n) is 12.9. The zero-order valence-corrected chi connectivity index (χ0v) is 12.9. The Morgan fingerprint density at radius 3 is 2.42 bits per heavy atom. The summed E-state index contributed by atoms with van der Waals surface area (Å²) in [6.45, 7) is -0.413. The number of phenols is 1. The third kappa shape index (κ3) is 3.01. The molecule has 0 fully saturated rings. The predicted octanol–water partition coefficient (Wildman–Crippen LogP) is 0.485. The molecule has 0 radical (unpaired) electrons. The van der Waals surface area contributed by atoms with Crippen molar-refractivity contribution in [3.63, 3.8) is 0 Å². The van der Waals surface area contributed by atoms with E-state index in [4.69, 9.17) is 4.74 Å². The number of carboxylic acid groups (broad SMARTS) is 1. The van der Waals surface area contributed by atoms with Crippen LogP contribution < -0.4 is 4.90 Å². The van der Waals surface area contributed by atoms with Crippen LogP contribution in [-0.2, 0) is 23.8 Å². The van der Waals surface area contributed by atoms with Crippen LogP contribution >= 0.6 is 0 Å². The second-order valence-corrected chi connectivity index (χ2v) is 4.69. The van der Waals surface area contributed by atoms with Crippen LogP contribution in [0.25, 0.3) is 0 Å². The summed E-state index contributed by atoms with van der Waals surface area (Å²) in [4.78, 5) is 36.6. The fraction of sp³-hybridized carbons (Fsp3) is 0.267. The Bertz CT molecular complexity index is 724. The molecule has 1 aromatic rings.